The van der Waals surface area contributed by atoms with Gasteiger partial charge in [-0.05, 0) is 30.4 Å². The summed E-state index contributed by atoms with van der Waals surface area (Å²) in [5.74, 6) is 1.62. The molecule has 25 heavy (non-hydrogen) atoms. The largest absolute Gasteiger partial charge is 0.467 e. The van der Waals surface area contributed by atoms with E-state index in [1.165, 1.54) is 5.06 Å². The summed E-state index contributed by atoms with van der Waals surface area (Å²) in [5.41, 5.74) is 1.05. The molecule has 142 valence electrons. The zero-order valence-electron chi connectivity index (χ0n) is 15.4. The fourth-order valence-corrected chi connectivity index (χ4v) is 3.39. The zero-order chi connectivity index (χ0) is 18.2. The summed E-state index contributed by atoms with van der Waals surface area (Å²) in [4.78, 5) is 5.17. The maximum Gasteiger partial charge on any atom is 0.188 e. The van der Waals surface area contributed by atoms with Gasteiger partial charge in [-0.1, -0.05) is 12.5 Å². The second-order valence-corrected chi connectivity index (χ2v) is 6.14. The second kappa shape index (κ2) is 9.94. The normalized spacial score (nSPS) is 21.5. The van der Waals surface area contributed by atoms with E-state index in [0.717, 1.165) is 24.8 Å². The third-order valence-electron chi connectivity index (χ3n) is 4.67. The van der Waals surface area contributed by atoms with Gasteiger partial charge in [-0.25, -0.2) is 0 Å². The Kier molecular flexibility index (Phi) is 7.92. The van der Waals surface area contributed by atoms with Crippen molar-refractivity contribution in [3.63, 3.8) is 0 Å². The highest BCUT2D eigenvalue weighted by molar-refractivity contribution is 5.43. The fourth-order valence-electron chi connectivity index (χ4n) is 3.39. The number of hydrogen-bond acceptors (Lipinski definition) is 7. The fraction of sp³-hybridized carbons (Fsp3) is 0.667. The Bertz CT molecular complexity index is 526. The molecule has 0 radical (unpaired) electrons. The van der Waals surface area contributed by atoms with Crippen LogP contribution in [0.2, 0.25) is 0 Å². The topological polar surface area (TPSA) is 69.6 Å². The third kappa shape index (κ3) is 5.05. The van der Waals surface area contributed by atoms with Gasteiger partial charge >= 0.3 is 0 Å². The molecule has 1 aliphatic carbocycles. The van der Waals surface area contributed by atoms with Gasteiger partial charge in [-0.15, -0.1) is 0 Å². The Morgan fingerprint density at radius 2 is 1.84 bits per heavy atom. The standard InChI is InChI=1S/C18H29NO6/c1-19(23-4)18(20)16-7-5-6-14(16)15-9-8-13(24-11-21-2)10-17(15)25-12-22-3/h8-10,14,16,18,20H,5-7,11-12H2,1-4H3/t14-,16-,18?/m0/s1. The predicted octanol–water partition coefficient (Wildman–Crippen LogP) is 2.35. The van der Waals surface area contributed by atoms with Gasteiger partial charge in [0.25, 0.3) is 0 Å². The third-order valence-corrected chi connectivity index (χ3v) is 4.67. The van der Waals surface area contributed by atoms with Crippen molar-refractivity contribution in [2.75, 3.05) is 42.0 Å². The van der Waals surface area contributed by atoms with E-state index in [1.54, 1.807) is 28.4 Å². The smallest absolute Gasteiger partial charge is 0.188 e. The second-order valence-electron chi connectivity index (χ2n) is 6.14. The molecular weight excluding hydrogens is 326 g/mol. The molecule has 1 unspecified atom stereocenters. The Hall–Kier alpha value is -1.38. The Labute approximate surface area is 149 Å². The van der Waals surface area contributed by atoms with E-state index in [4.69, 9.17) is 23.8 Å². The molecule has 1 N–H and O–H groups in total. The van der Waals surface area contributed by atoms with Crippen LogP contribution in [0.4, 0.5) is 0 Å². The van der Waals surface area contributed by atoms with Gasteiger partial charge in [-0.3, -0.25) is 0 Å². The summed E-state index contributed by atoms with van der Waals surface area (Å²) < 4.78 is 21.3. The van der Waals surface area contributed by atoms with Crippen molar-refractivity contribution in [1.82, 2.24) is 5.06 Å². The molecule has 0 saturated heterocycles. The predicted molar refractivity (Wildman–Crippen MR) is 92.3 cm³/mol. The van der Waals surface area contributed by atoms with Crippen LogP contribution in [0.5, 0.6) is 11.5 Å². The maximum atomic E-state index is 10.6. The number of nitrogens with zero attached hydrogens (tertiary/aromatic N) is 1. The average Bonchev–Trinajstić information content (AvgIpc) is 3.12. The van der Waals surface area contributed by atoms with Crippen LogP contribution in [-0.4, -0.2) is 58.4 Å². The van der Waals surface area contributed by atoms with E-state index in [2.05, 4.69) is 0 Å². The molecule has 1 saturated carbocycles. The van der Waals surface area contributed by atoms with Crippen LogP contribution in [0.15, 0.2) is 18.2 Å². The van der Waals surface area contributed by atoms with E-state index >= 15 is 0 Å². The van der Waals surface area contributed by atoms with Crippen LogP contribution >= 0.6 is 0 Å². The first kappa shape index (κ1) is 19.9. The van der Waals surface area contributed by atoms with Gasteiger partial charge in [0.2, 0.25) is 0 Å². The first-order valence-electron chi connectivity index (χ1n) is 8.44. The molecule has 7 nitrogen and oxygen atoms in total. The van der Waals surface area contributed by atoms with Crippen molar-refractivity contribution < 1.29 is 28.9 Å². The van der Waals surface area contributed by atoms with Gasteiger partial charge in [0.1, 0.15) is 17.7 Å². The van der Waals surface area contributed by atoms with Crippen LogP contribution in [-0.2, 0) is 14.3 Å². The zero-order valence-corrected chi connectivity index (χ0v) is 15.4. The highest BCUT2D eigenvalue weighted by atomic mass is 16.7. The lowest BCUT2D eigenvalue weighted by molar-refractivity contribution is -0.221. The van der Waals surface area contributed by atoms with E-state index in [-0.39, 0.29) is 25.4 Å². The lowest BCUT2D eigenvalue weighted by Gasteiger charge is -2.31. The minimum Gasteiger partial charge on any atom is -0.467 e. The summed E-state index contributed by atoms with van der Waals surface area (Å²) >= 11 is 0. The van der Waals surface area contributed by atoms with Crippen LogP contribution < -0.4 is 9.47 Å². The summed E-state index contributed by atoms with van der Waals surface area (Å²) in [5, 5.41) is 12.1. The van der Waals surface area contributed by atoms with Gasteiger partial charge < -0.3 is 28.9 Å². The van der Waals surface area contributed by atoms with Crippen LogP contribution in [0.3, 0.4) is 0 Å². The van der Waals surface area contributed by atoms with Crippen molar-refractivity contribution in [1.29, 1.82) is 0 Å². The first-order valence-corrected chi connectivity index (χ1v) is 8.44. The van der Waals surface area contributed by atoms with Gasteiger partial charge in [0.05, 0.1) is 7.11 Å². The van der Waals surface area contributed by atoms with E-state index in [9.17, 15) is 5.11 Å². The Morgan fingerprint density at radius 1 is 1.12 bits per heavy atom. The number of aliphatic hydroxyl groups is 1. The SMILES string of the molecule is COCOc1ccc([C@@H]2CCC[C@@H]2C(O)N(C)OC)c(OCOC)c1. The molecule has 7 heteroatoms. The van der Waals surface area contributed by atoms with E-state index < -0.39 is 6.23 Å². The van der Waals surface area contributed by atoms with Crippen LogP contribution in [0.25, 0.3) is 0 Å². The molecule has 0 bridgehead atoms. The van der Waals surface area contributed by atoms with Gasteiger partial charge in [0.15, 0.2) is 13.6 Å². The van der Waals surface area contributed by atoms with Crippen molar-refractivity contribution in [2.45, 2.75) is 31.4 Å². The van der Waals surface area contributed by atoms with Crippen molar-refractivity contribution in [3.05, 3.63) is 23.8 Å². The quantitative estimate of drug-likeness (QED) is 0.510. The highest BCUT2D eigenvalue weighted by Crippen LogP contribution is 2.45. The monoisotopic (exact) mass is 355 g/mol. The lowest BCUT2D eigenvalue weighted by atomic mass is 9.87. The number of methoxy groups -OCH3 is 2. The molecular formula is C18H29NO6. The molecule has 0 spiro atoms. The number of hydroxylamine groups is 2. The molecule has 0 aromatic heterocycles. The summed E-state index contributed by atoms with van der Waals surface area (Å²) in [6, 6.07) is 5.74. The van der Waals surface area contributed by atoms with Crippen LogP contribution in [0.1, 0.15) is 30.7 Å². The molecule has 1 aromatic carbocycles. The van der Waals surface area contributed by atoms with Crippen molar-refractivity contribution in [3.8, 4) is 11.5 Å². The summed E-state index contributed by atoms with van der Waals surface area (Å²) in [7, 11) is 6.46. The van der Waals surface area contributed by atoms with E-state index in [1.807, 2.05) is 18.2 Å². The molecule has 2 rings (SSSR count). The Balaban J connectivity index is 2.25. The van der Waals surface area contributed by atoms with Gasteiger partial charge in [0, 0.05) is 33.3 Å². The van der Waals surface area contributed by atoms with Crippen LogP contribution in [0, 0.1) is 5.92 Å². The van der Waals surface area contributed by atoms with E-state index in [0.29, 0.717) is 11.5 Å². The number of ether oxygens (including phenoxy) is 4. The number of benzene rings is 1. The van der Waals surface area contributed by atoms with Gasteiger partial charge in [-0.2, -0.15) is 5.06 Å². The van der Waals surface area contributed by atoms with Crippen molar-refractivity contribution >= 4 is 0 Å². The lowest BCUT2D eigenvalue weighted by Crippen LogP contribution is -2.38. The molecule has 1 aliphatic rings. The minimum atomic E-state index is -0.669. The molecule has 1 aromatic rings. The first-order chi connectivity index (χ1) is 12.1. The maximum absolute atomic E-state index is 10.6. The highest BCUT2D eigenvalue weighted by Gasteiger charge is 2.37. The van der Waals surface area contributed by atoms with Crippen molar-refractivity contribution in [2.24, 2.45) is 5.92 Å². The number of hydrogen-bond donors (Lipinski definition) is 1. The number of rotatable bonds is 10. The Morgan fingerprint density at radius 3 is 2.52 bits per heavy atom. The molecule has 1 fully saturated rings. The number of aliphatic hydroxyl groups excluding tert-OH is 1. The summed E-state index contributed by atoms with van der Waals surface area (Å²) in [6.45, 7) is 0.325. The molecule has 0 amide bonds. The molecule has 3 atom stereocenters. The molecule has 0 heterocycles. The molecule has 0 aliphatic heterocycles. The minimum absolute atomic E-state index is 0.0700. The summed E-state index contributed by atoms with van der Waals surface area (Å²) in [6.07, 6.45) is 2.30. The average molecular weight is 355 g/mol.